The van der Waals surface area contributed by atoms with Crippen molar-refractivity contribution in [3.05, 3.63) is 36.0 Å². The minimum Gasteiger partial charge on any atom is -0.368 e. The lowest BCUT2D eigenvalue weighted by Gasteiger charge is -2.43. The van der Waals surface area contributed by atoms with Gasteiger partial charge in [0.15, 0.2) is 0 Å². The topological polar surface area (TPSA) is 153 Å². The Kier molecular flexibility index (Phi) is 8.47. The van der Waals surface area contributed by atoms with Crippen LogP contribution >= 0.6 is 0 Å². The van der Waals surface area contributed by atoms with Crippen molar-refractivity contribution in [1.82, 2.24) is 30.7 Å². The number of carbonyl (C=O) groups is 4. The number of nitrogens with two attached hydrogens (primary N) is 1. The third-order valence-corrected chi connectivity index (χ3v) is 8.41. The number of primary amides is 1. The molecule has 0 spiro atoms. The Morgan fingerprint density at radius 2 is 1.56 bits per heavy atom. The minimum absolute atomic E-state index is 0.0357. The monoisotopic (exact) mass is 537 g/mol. The van der Waals surface area contributed by atoms with Gasteiger partial charge in [-0.15, -0.1) is 0 Å². The highest BCUT2D eigenvalue weighted by molar-refractivity contribution is 5.94. The highest BCUT2D eigenvalue weighted by atomic mass is 16.2. The Balaban J connectivity index is 1.34. The molecule has 0 saturated carbocycles. The van der Waals surface area contributed by atoms with Gasteiger partial charge in [0, 0.05) is 48.4 Å². The first-order chi connectivity index (χ1) is 18.9. The van der Waals surface area contributed by atoms with Gasteiger partial charge in [-0.05, 0) is 63.5 Å². The van der Waals surface area contributed by atoms with E-state index < -0.39 is 23.9 Å². The number of carbonyl (C=O) groups excluding carboxylic acids is 4. The fourth-order valence-corrected chi connectivity index (χ4v) is 6.11. The summed E-state index contributed by atoms with van der Waals surface area (Å²) in [5, 5.41) is 10.3. The number of fused-ring (bicyclic) bond motifs is 1. The second kappa shape index (κ2) is 12.2. The average molecular weight is 538 g/mol. The van der Waals surface area contributed by atoms with Gasteiger partial charge in [0.25, 0.3) is 0 Å². The zero-order valence-corrected chi connectivity index (χ0v) is 22.3. The van der Waals surface area contributed by atoms with E-state index in [0.717, 1.165) is 55.5 Å². The Labute approximate surface area is 228 Å². The molecule has 2 unspecified atom stereocenters. The maximum absolute atomic E-state index is 13.8. The van der Waals surface area contributed by atoms with Crippen LogP contribution < -0.4 is 21.7 Å². The van der Waals surface area contributed by atoms with E-state index in [1.54, 1.807) is 9.80 Å². The Bertz CT molecular complexity index is 1200. The lowest BCUT2D eigenvalue weighted by Crippen LogP contribution is -2.64. The zero-order chi connectivity index (χ0) is 27.4. The lowest BCUT2D eigenvalue weighted by atomic mass is 9.93. The highest BCUT2D eigenvalue weighted by Gasteiger charge is 2.41. The van der Waals surface area contributed by atoms with Crippen LogP contribution in [0.25, 0.3) is 10.9 Å². The van der Waals surface area contributed by atoms with Crippen LogP contribution in [0.15, 0.2) is 30.5 Å². The molecule has 1 aromatic carbocycles. The molecular formula is C28H39N7O4. The number of hydrogen-bond donors (Lipinski definition) is 5. The molecule has 1 aromatic heterocycles. The number of amides is 4. The molecule has 210 valence electrons. The standard InChI is InChI=1S/C28H39N7O4/c29-25(36)23(15-20-16-32-22-4-2-1-3-21(20)22)33-26(37)24-17-34(27(38)18-5-9-30-10-6-18)13-14-35(24)28(39)19-7-11-31-12-8-19/h1-4,16,18-19,23-24,30-32H,5-15,17H2,(H2,29,36)(H,33,37). The van der Waals surface area contributed by atoms with Crippen LogP contribution in [-0.4, -0.2) is 96.3 Å². The molecule has 5 rings (SSSR count). The average Bonchev–Trinajstić information content (AvgIpc) is 3.39. The highest BCUT2D eigenvalue weighted by Crippen LogP contribution is 2.24. The van der Waals surface area contributed by atoms with E-state index in [1.165, 1.54) is 0 Å². The van der Waals surface area contributed by atoms with Crippen molar-refractivity contribution < 1.29 is 19.2 Å². The summed E-state index contributed by atoms with van der Waals surface area (Å²) in [4.78, 5) is 59.7. The van der Waals surface area contributed by atoms with Crippen molar-refractivity contribution in [3.63, 3.8) is 0 Å². The van der Waals surface area contributed by atoms with E-state index in [2.05, 4.69) is 20.9 Å². The molecule has 4 amide bonds. The second-order valence-corrected chi connectivity index (χ2v) is 10.9. The van der Waals surface area contributed by atoms with Gasteiger partial charge in [-0.25, -0.2) is 0 Å². The summed E-state index contributed by atoms with van der Waals surface area (Å²) in [6.07, 6.45) is 4.99. The number of piperidine rings is 2. The molecule has 0 radical (unpaired) electrons. The number of aromatic nitrogens is 1. The van der Waals surface area contributed by atoms with E-state index in [9.17, 15) is 19.2 Å². The zero-order valence-electron chi connectivity index (χ0n) is 22.3. The summed E-state index contributed by atoms with van der Waals surface area (Å²) in [6, 6.07) is 5.89. The molecule has 2 aromatic rings. The van der Waals surface area contributed by atoms with Crippen LogP contribution in [0.5, 0.6) is 0 Å². The van der Waals surface area contributed by atoms with Gasteiger partial charge in [-0.1, -0.05) is 18.2 Å². The van der Waals surface area contributed by atoms with Crippen molar-refractivity contribution in [2.75, 3.05) is 45.8 Å². The maximum atomic E-state index is 13.8. The summed E-state index contributed by atoms with van der Waals surface area (Å²) in [5.41, 5.74) is 7.53. The number of nitrogens with one attached hydrogen (secondary N) is 4. The molecule has 11 nitrogen and oxygen atoms in total. The van der Waals surface area contributed by atoms with Crippen molar-refractivity contribution in [3.8, 4) is 0 Å². The molecular weight excluding hydrogens is 498 g/mol. The van der Waals surface area contributed by atoms with Gasteiger partial charge in [0.1, 0.15) is 12.1 Å². The van der Waals surface area contributed by atoms with Gasteiger partial charge in [-0.2, -0.15) is 0 Å². The van der Waals surface area contributed by atoms with Crippen molar-refractivity contribution in [1.29, 1.82) is 0 Å². The molecule has 4 heterocycles. The molecule has 6 N–H and O–H groups in total. The number of nitrogens with zero attached hydrogens (tertiary/aromatic N) is 2. The van der Waals surface area contributed by atoms with Crippen LogP contribution in [0.1, 0.15) is 31.2 Å². The molecule has 0 bridgehead atoms. The second-order valence-electron chi connectivity index (χ2n) is 10.9. The number of aromatic amines is 1. The van der Waals surface area contributed by atoms with Crippen LogP contribution in [0.2, 0.25) is 0 Å². The van der Waals surface area contributed by atoms with E-state index >= 15 is 0 Å². The van der Waals surface area contributed by atoms with Gasteiger partial charge in [0.2, 0.25) is 23.6 Å². The largest absolute Gasteiger partial charge is 0.368 e. The van der Waals surface area contributed by atoms with Crippen LogP contribution in [0, 0.1) is 11.8 Å². The molecule has 3 aliphatic heterocycles. The molecule has 2 atom stereocenters. The van der Waals surface area contributed by atoms with Crippen LogP contribution in [-0.2, 0) is 25.6 Å². The molecule has 0 aliphatic carbocycles. The molecule has 3 aliphatic rings. The van der Waals surface area contributed by atoms with Gasteiger partial charge in [-0.3, -0.25) is 19.2 Å². The smallest absolute Gasteiger partial charge is 0.245 e. The minimum atomic E-state index is -0.956. The van der Waals surface area contributed by atoms with Gasteiger partial charge < -0.3 is 36.5 Å². The van der Waals surface area contributed by atoms with Crippen LogP contribution in [0.4, 0.5) is 0 Å². The van der Waals surface area contributed by atoms with Crippen molar-refractivity contribution in [2.45, 2.75) is 44.2 Å². The predicted octanol–water partition coefficient (Wildman–Crippen LogP) is -0.281. The Hall–Kier alpha value is -3.44. The van der Waals surface area contributed by atoms with Crippen LogP contribution in [0.3, 0.4) is 0 Å². The first-order valence-electron chi connectivity index (χ1n) is 14.1. The van der Waals surface area contributed by atoms with Gasteiger partial charge >= 0.3 is 0 Å². The summed E-state index contributed by atoms with van der Waals surface area (Å²) in [6.45, 7) is 3.92. The fraction of sp³-hybridized carbons (Fsp3) is 0.571. The van der Waals surface area contributed by atoms with Crippen molar-refractivity contribution in [2.24, 2.45) is 17.6 Å². The number of para-hydroxylation sites is 1. The summed E-state index contributed by atoms with van der Waals surface area (Å²) >= 11 is 0. The lowest BCUT2D eigenvalue weighted by molar-refractivity contribution is -0.153. The van der Waals surface area contributed by atoms with E-state index in [1.807, 2.05) is 30.5 Å². The first-order valence-corrected chi connectivity index (χ1v) is 14.1. The number of piperazine rings is 1. The number of H-pyrrole nitrogens is 1. The quantitative estimate of drug-likeness (QED) is 0.328. The van der Waals surface area contributed by atoms with E-state index in [4.69, 9.17) is 5.73 Å². The molecule has 39 heavy (non-hydrogen) atoms. The SMILES string of the molecule is NC(=O)C(Cc1c[nH]c2ccccc12)NC(=O)C1CN(C(=O)C2CCNCC2)CCN1C(=O)C1CCNCC1. The first kappa shape index (κ1) is 27.1. The fourth-order valence-electron chi connectivity index (χ4n) is 6.11. The Morgan fingerprint density at radius 1 is 0.923 bits per heavy atom. The van der Waals surface area contributed by atoms with Crippen molar-refractivity contribution >= 4 is 34.5 Å². The third kappa shape index (κ3) is 6.09. The van der Waals surface area contributed by atoms with E-state index in [-0.39, 0.29) is 36.6 Å². The summed E-state index contributed by atoms with van der Waals surface area (Å²) < 4.78 is 0. The van der Waals surface area contributed by atoms with Gasteiger partial charge in [0.05, 0.1) is 6.54 Å². The third-order valence-electron chi connectivity index (χ3n) is 8.41. The summed E-state index contributed by atoms with van der Waals surface area (Å²) in [7, 11) is 0. The van der Waals surface area contributed by atoms with E-state index in [0.29, 0.717) is 25.9 Å². The molecule has 3 saturated heterocycles. The summed E-state index contributed by atoms with van der Waals surface area (Å²) in [5.74, 6) is -1.37. The predicted molar refractivity (Wildman–Crippen MR) is 146 cm³/mol. The normalized spacial score (nSPS) is 22.0. The number of rotatable bonds is 7. The Morgan fingerprint density at radius 3 is 2.23 bits per heavy atom. The maximum Gasteiger partial charge on any atom is 0.245 e. The molecule has 11 heteroatoms. The molecule has 3 fully saturated rings. The number of hydrogen-bond acceptors (Lipinski definition) is 6. The number of benzene rings is 1.